The maximum Gasteiger partial charge on any atom is 0.243 e. The van der Waals surface area contributed by atoms with Gasteiger partial charge in [0.05, 0.1) is 0 Å². The first-order valence-corrected chi connectivity index (χ1v) is 8.42. The van der Waals surface area contributed by atoms with E-state index in [2.05, 4.69) is 4.72 Å². The lowest BCUT2D eigenvalue weighted by Gasteiger charge is -2.15. The summed E-state index contributed by atoms with van der Waals surface area (Å²) in [5, 5.41) is 0. The van der Waals surface area contributed by atoms with Gasteiger partial charge < -0.3 is 4.90 Å². The quantitative estimate of drug-likeness (QED) is 0.808. The third-order valence-electron chi connectivity index (χ3n) is 3.44. The molecule has 1 amide bonds. The molecule has 0 saturated carbocycles. The number of likely N-dealkylation sites (tertiary alicyclic amines) is 1. The molecule has 7 heteroatoms. The second kappa shape index (κ2) is 6.53. The topological polar surface area (TPSA) is 66.5 Å². The summed E-state index contributed by atoms with van der Waals surface area (Å²) in [6, 6.07) is 3.97. The summed E-state index contributed by atoms with van der Waals surface area (Å²) < 4.78 is 40.0. The molecule has 5 nitrogen and oxygen atoms in total. The normalized spacial score (nSPS) is 15.7. The van der Waals surface area contributed by atoms with Crippen molar-refractivity contribution >= 4 is 15.9 Å². The predicted molar refractivity (Wildman–Crippen MR) is 76.8 cm³/mol. The number of nitrogens with one attached hydrogen (secondary N) is 1. The van der Waals surface area contributed by atoms with E-state index in [0.29, 0.717) is 24.9 Å². The summed E-state index contributed by atoms with van der Waals surface area (Å²) in [5.41, 5.74) is 0.680. The lowest BCUT2D eigenvalue weighted by molar-refractivity contribution is -0.127. The fourth-order valence-corrected chi connectivity index (χ4v) is 3.55. The summed E-state index contributed by atoms with van der Waals surface area (Å²) >= 11 is 0. The van der Waals surface area contributed by atoms with Crippen LogP contribution in [0, 0.1) is 12.7 Å². The van der Waals surface area contributed by atoms with E-state index in [1.165, 1.54) is 12.1 Å². The summed E-state index contributed by atoms with van der Waals surface area (Å²) in [6.45, 7) is 3.15. The molecule has 2 rings (SSSR count). The Bertz CT molecular complexity index is 631. The van der Waals surface area contributed by atoms with Crippen LogP contribution >= 0.6 is 0 Å². The molecular weight excluding hydrogens is 295 g/mol. The van der Waals surface area contributed by atoms with Crippen molar-refractivity contribution in [2.75, 3.05) is 19.6 Å². The third-order valence-corrected chi connectivity index (χ3v) is 4.92. The van der Waals surface area contributed by atoms with Gasteiger partial charge in [-0.1, -0.05) is 6.07 Å². The van der Waals surface area contributed by atoms with Crippen molar-refractivity contribution in [3.63, 3.8) is 0 Å². The van der Waals surface area contributed by atoms with Gasteiger partial charge in [-0.2, -0.15) is 0 Å². The number of hydrogen-bond donors (Lipinski definition) is 1. The van der Waals surface area contributed by atoms with Crippen LogP contribution in [0.4, 0.5) is 4.39 Å². The van der Waals surface area contributed by atoms with Gasteiger partial charge in [0.25, 0.3) is 0 Å². The molecule has 1 saturated heterocycles. The fourth-order valence-electron chi connectivity index (χ4n) is 2.31. The van der Waals surface area contributed by atoms with Crippen LogP contribution in [0.1, 0.15) is 24.8 Å². The van der Waals surface area contributed by atoms with Crippen molar-refractivity contribution in [1.29, 1.82) is 0 Å². The number of rotatable bonds is 6. The Morgan fingerprint density at radius 1 is 1.38 bits per heavy atom. The first-order chi connectivity index (χ1) is 9.90. The maximum atomic E-state index is 13.6. The number of hydrogen-bond acceptors (Lipinski definition) is 3. The minimum absolute atomic E-state index is 0.114. The molecule has 1 aromatic rings. The molecule has 1 aromatic carbocycles. The molecule has 0 aromatic heterocycles. The second-order valence-electron chi connectivity index (χ2n) is 5.17. The van der Waals surface area contributed by atoms with Crippen molar-refractivity contribution in [3.8, 4) is 0 Å². The lowest BCUT2D eigenvalue weighted by atomic mass is 10.2. The zero-order chi connectivity index (χ0) is 15.5. The van der Waals surface area contributed by atoms with Crippen LogP contribution in [0.3, 0.4) is 0 Å². The number of nitrogens with zero attached hydrogens (tertiary/aromatic N) is 1. The van der Waals surface area contributed by atoms with E-state index in [4.69, 9.17) is 0 Å². The van der Waals surface area contributed by atoms with E-state index in [0.717, 1.165) is 19.0 Å². The molecule has 0 unspecified atom stereocenters. The van der Waals surface area contributed by atoms with Crippen molar-refractivity contribution in [2.45, 2.75) is 31.1 Å². The zero-order valence-corrected chi connectivity index (χ0v) is 12.7. The van der Waals surface area contributed by atoms with Crippen LogP contribution in [-0.2, 0) is 14.8 Å². The monoisotopic (exact) mass is 314 g/mol. The number of amides is 1. The first-order valence-electron chi connectivity index (χ1n) is 6.94. The fraction of sp³-hybridized carbons (Fsp3) is 0.500. The highest BCUT2D eigenvalue weighted by atomic mass is 32.2. The number of carbonyl (C=O) groups excluding carboxylic acids is 1. The minimum Gasteiger partial charge on any atom is -0.343 e. The molecule has 1 heterocycles. The Labute approximate surface area is 124 Å². The van der Waals surface area contributed by atoms with E-state index < -0.39 is 15.8 Å². The summed E-state index contributed by atoms with van der Waals surface area (Å²) in [7, 11) is -3.85. The highest BCUT2D eigenvalue weighted by Crippen LogP contribution is 2.16. The van der Waals surface area contributed by atoms with Crippen molar-refractivity contribution in [3.05, 3.63) is 29.6 Å². The van der Waals surface area contributed by atoms with E-state index in [9.17, 15) is 17.6 Å². The Morgan fingerprint density at radius 2 is 2.14 bits per heavy atom. The number of sulfonamides is 1. The number of carbonyl (C=O) groups is 1. The SMILES string of the molecule is Cc1ccc(F)c(S(=O)(=O)NCCCN2CCCC2=O)c1. The Kier molecular flexibility index (Phi) is 4.95. The molecule has 0 bridgehead atoms. The molecule has 0 aliphatic carbocycles. The average molecular weight is 314 g/mol. The van der Waals surface area contributed by atoms with Gasteiger partial charge in [0.15, 0.2) is 0 Å². The molecular formula is C14H19FN2O3S. The highest BCUT2D eigenvalue weighted by molar-refractivity contribution is 7.89. The van der Waals surface area contributed by atoms with Gasteiger partial charge in [-0.3, -0.25) is 4.79 Å². The smallest absolute Gasteiger partial charge is 0.243 e. The van der Waals surface area contributed by atoms with Gasteiger partial charge in [0.2, 0.25) is 15.9 Å². The molecule has 116 valence electrons. The lowest BCUT2D eigenvalue weighted by Crippen LogP contribution is -2.31. The van der Waals surface area contributed by atoms with Crippen molar-refractivity contribution in [2.24, 2.45) is 0 Å². The van der Waals surface area contributed by atoms with Crippen molar-refractivity contribution < 1.29 is 17.6 Å². The van der Waals surface area contributed by atoms with Crippen LogP contribution in [0.2, 0.25) is 0 Å². The average Bonchev–Trinajstić information content (AvgIpc) is 2.83. The van der Waals surface area contributed by atoms with E-state index >= 15 is 0 Å². The molecule has 0 radical (unpaired) electrons. The third kappa shape index (κ3) is 4.01. The van der Waals surface area contributed by atoms with E-state index in [1.54, 1.807) is 11.8 Å². The molecule has 1 N–H and O–H groups in total. The molecule has 1 fully saturated rings. The van der Waals surface area contributed by atoms with Crippen LogP contribution < -0.4 is 4.72 Å². The summed E-state index contributed by atoms with van der Waals surface area (Å²) in [6.07, 6.45) is 1.94. The zero-order valence-electron chi connectivity index (χ0n) is 11.9. The van der Waals surface area contributed by atoms with Gasteiger partial charge in [-0.15, -0.1) is 0 Å². The van der Waals surface area contributed by atoms with E-state index in [-0.39, 0.29) is 17.3 Å². The number of aryl methyl sites for hydroxylation is 1. The van der Waals surface area contributed by atoms with Crippen molar-refractivity contribution in [1.82, 2.24) is 9.62 Å². The largest absolute Gasteiger partial charge is 0.343 e. The Morgan fingerprint density at radius 3 is 2.81 bits per heavy atom. The first kappa shape index (κ1) is 15.9. The molecule has 0 spiro atoms. The predicted octanol–water partition coefficient (Wildman–Crippen LogP) is 1.42. The van der Waals surface area contributed by atoms with E-state index in [1.807, 2.05) is 0 Å². The molecule has 1 aliphatic rings. The van der Waals surface area contributed by atoms with Gasteiger partial charge in [0.1, 0.15) is 10.7 Å². The Hall–Kier alpha value is -1.47. The standard InChI is InChI=1S/C14H19FN2O3S/c1-11-5-6-12(15)13(10-11)21(19,20)16-7-3-9-17-8-2-4-14(17)18/h5-6,10,16H,2-4,7-9H2,1H3. The number of benzene rings is 1. The molecule has 1 aliphatic heterocycles. The molecule has 21 heavy (non-hydrogen) atoms. The Balaban J connectivity index is 1.89. The van der Waals surface area contributed by atoms with Gasteiger partial charge >= 0.3 is 0 Å². The van der Waals surface area contributed by atoms with Crippen LogP contribution in [-0.4, -0.2) is 38.9 Å². The maximum absolute atomic E-state index is 13.6. The highest BCUT2D eigenvalue weighted by Gasteiger charge is 2.21. The van der Waals surface area contributed by atoms with Gasteiger partial charge in [0, 0.05) is 26.1 Å². The van der Waals surface area contributed by atoms with Gasteiger partial charge in [-0.25, -0.2) is 17.5 Å². The number of halogens is 1. The van der Waals surface area contributed by atoms with Crippen LogP contribution in [0.5, 0.6) is 0 Å². The minimum atomic E-state index is -3.85. The summed E-state index contributed by atoms with van der Waals surface area (Å²) in [5.74, 6) is -0.648. The van der Waals surface area contributed by atoms with Gasteiger partial charge in [-0.05, 0) is 37.5 Å². The van der Waals surface area contributed by atoms with Crippen LogP contribution in [0.25, 0.3) is 0 Å². The summed E-state index contributed by atoms with van der Waals surface area (Å²) in [4.78, 5) is 12.8. The van der Waals surface area contributed by atoms with Crippen LogP contribution in [0.15, 0.2) is 23.1 Å². The second-order valence-corrected chi connectivity index (χ2v) is 6.90. The molecule has 0 atom stereocenters.